The van der Waals surface area contributed by atoms with Gasteiger partial charge >= 0.3 is 0 Å². The van der Waals surface area contributed by atoms with E-state index in [1.807, 2.05) is 60.7 Å². The second-order valence-corrected chi connectivity index (χ2v) is 8.36. The van der Waals surface area contributed by atoms with Crippen LogP contribution in [0.15, 0.2) is 97.2 Å². The molecular weight excluding hydrogens is 454 g/mol. The van der Waals surface area contributed by atoms with Gasteiger partial charge in [0.1, 0.15) is 17.3 Å². The van der Waals surface area contributed by atoms with Gasteiger partial charge in [0, 0.05) is 17.4 Å². The molecule has 5 rings (SSSR count). The van der Waals surface area contributed by atoms with E-state index in [9.17, 15) is 9.59 Å². The molecule has 2 unspecified atom stereocenters. The van der Waals surface area contributed by atoms with Gasteiger partial charge in [0.05, 0.1) is 26.2 Å². The van der Waals surface area contributed by atoms with Crippen molar-refractivity contribution in [3.8, 4) is 11.5 Å². The summed E-state index contributed by atoms with van der Waals surface area (Å²) < 4.78 is 10.7. The third kappa shape index (κ3) is 4.27. The number of benzene rings is 3. The maximum absolute atomic E-state index is 13.9. The number of amides is 2. The van der Waals surface area contributed by atoms with Gasteiger partial charge in [-0.1, -0.05) is 36.4 Å². The molecule has 36 heavy (non-hydrogen) atoms. The van der Waals surface area contributed by atoms with E-state index in [4.69, 9.17) is 9.47 Å². The highest BCUT2D eigenvalue weighted by molar-refractivity contribution is 6.12. The zero-order valence-electron chi connectivity index (χ0n) is 19.9. The molecule has 1 N–H and O–H groups in total. The first-order valence-electron chi connectivity index (χ1n) is 11.5. The van der Waals surface area contributed by atoms with Crippen LogP contribution in [0.25, 0.3) is 0 Å². The first kappa shape index (κ1) is 23.1. The van der Waals surface area contributed by atoms with Crippen molar-refractivity contribution in [3.05, 3.63) is 114 Å². The molecule has 0 fully saturated rings. The van der Waals surface area contributed by atoms with Gasteiger partial charge in [-0.2, -0.15) is 0 Å². The summed E-state index contributed by atoms with van der Waals surface area (Å²) in [5.74, 6) is 0.671. The van der Waals surface area contributed by atoms with E-state index in [2.05, 4.69) is 10.3 Å². The predicted octanol–water partition coefficient (Wildman–Crippen LogP) is 5.22. The summed E-state index contributed by atoms with van der Waals surface area (Å²) >= 11 is 0. The summed E-state index contributed by atoms with van der Waals surface area (Å²) in [6, 6.07) is 26.7. The smallest absolute Gasteiger partial charge is 0.259 e. The number of ether oxygens (including phenoxy) is 2. The maximum atomic E-state index is 13.9. The Morgan fingerprint density at radius 2 is 1.47 bits per heavy atom. The number of nitrogens with one attached hydrogen (secondary N) is 1. The van der Waals surface area contributed by atoms with Crippen LogP contribution in [0.1, 0.15) is 33.4 Å². The van der Waals surface area contributed by atoms with Crippen molar-refractivity contribution < 1.29 is 19.1 Å². The van der Waals surface area contributed by atoms with Crippen molar-refractivity contribution in [1.82, 2.24) is 4.98 Å². The Bertz CT molecular complexity index is 1370. The molecule has 0 aliphatic carbocycles. The zero-order chi connectivity index (χ0) is 25.1. The van der Waals surface area contributed by atoms with E-state index >= 15 is 0 Å². The third-order valence-corrected chi connectivity index (χ3v) is 6.35. The van der Waals surface area contributed by atoms with Crippen LogP contribution >= 0.6 is 0 Å². The number of pyridine rings is 1. The number of rotatable bonds is 6. The lowest BCUT2D eigenvalue weighted by Gasteiger charge is -2.41. The lowest BCUT2D eigenvalue weighted by Crippen LogP contribution is -2.46. The fraction of sp³-hybridized carbons (Fsp3) is 0.138. The van der Waals surface area contributed by atoms with Crippen molar-refractivity contribution in [3.63, 3.8) is 0 Å². The van der Waals surface area contributed by atoms with E-state index in [1.54, 1.807) is 55.6 Å². The largest absolute Gasteiger partial charge is 0.497 e. The monoisotopic (exact) mass is 479 g/mol. The number of nitrogens with zero attached hydrogens (tertiary/aromatic N) is 2. The Labute approximate surface area is 209 Å². The summed E-state index contributed by atoms with van der Waals surface area (Å²) in [6.07, 6.45) is 1.62. The molecule has 7 nitrogen and oxygen atoms in total. The normalized spacial score (nSPS) is 16.7. The van der Waals surface area contributed by atoms with Crippen molar-refractivity contribution in [2.24, 2.45) is 0 Å². The molecule has 0 spiro atoms. The number of carbonyl (C=O) groups excluding carboxylic acids is 2. The Kier molecular flexibility index (Phi) is 6.36. The van der Waals surface area contributed by atoms with Crippen molar-refractivity contribution in [2.75, 3.05) is 24.4 Å². The van der Waals surface area contributed by atoms with E-state index in [0.29, 0.717) is 34.1 Å². The second-order valence-electron chi connectivity index (χ2n) is 8.36. The topological polar surface area (TPSA) is 80.8 Å². The van der Waals surface area contributed by atoms with Crippen molar-refractivity contribution in [2.45, 2.75) is 12.0 Å². The highest BCUT2D eigenvalue weighted by Crippen LogP contribution is 2.45. The highest BCUT2D eigenvalue weighted by Gasteiger charge is 2.45. The molecule has 180 valence electrons. The first-order chi connectivity index (χ1) is 17.6. The van der Waals surface area contributed by atoms with Crippen LogP contribution in [0.3, 0.4) is 0 Å². The summed E-state index contributed by atoms with van der Waals surface area (Å²) in [6.45, 7) is 0. The molecule has 0 saturated heterocycles. The van der Waals surface area contributed by atoms with Crippen molar-refractivity contribution in [1.29, 1.82) is 0 Å². The van der Waals surface area contributed by atoms with Crippen LogP contribution in [0.5, 0.6) is 11.5 Å². The number of hydrogen-bond acceptors (Lipinski definition) is 5. The summed E-state index contributed by atoms with van der Waals surface area (Å²) in [5.41, 5.74) is 2.61. The van der Waals surface area contributed by atoms with Crippen LogP contribution in [0.4, 0.5) is 11.5 Å². The first-order valence-corrected chi connectivity index (χ1v) is 11.5. The van der Waals surface area contributed by atoms with Gasteiger partial charge < -0.3 is 14.8 Å². The molecule has 1 aliphatic heterocycles. The molecule has 2 heterocycles. The Hall–Kier alpha value is -4.65. The van der Waals surface area contributed by atoms with Crippen molar-refractivity contribution >= 4 is 23.3 Å². The molecule has 3 aromatic carbocycles. The second kappa shape index (κ2) is 9.92. The van der Waals surface area contributed by atoms with Gasteiger partial charge in [-0.3, -0.25) is 14.5 Å². The van der Waals surface area contributed by atoms with E-state index in [0.717, 1.165) is 5.56 Å². The molecular formula is C29H25N3O4. The van der Waals surface area contributed by atoms with Crippen LogP contribution < -0.4 is 19.7 Å². The predicted molar refractivity (Wildman–Crippen MR) is 138 cm³/mol. The number of aromatic nitrogens is 1. The van der Waals surface area contributed by atoms with E-state index < -0.39 is 12.0 Å². The summed E-state index contributed by atoms with van der Waals surface area (Å²) in [7, 11) is 3.19. The van der Waals surface area contributed by atoms with Gasteiger partial charge in [0.2, 0.25) is 5.91 Å². The fourth-order valence-corrected chi connectivity index (χ4v) is 4.63. The van der Waals surface area contributed by atoms with Crippen LogP contribution in [0.2, 0.25) is 0 Å². The summed E-state index contributed by atoms with van der Waals surface area (Å²) in [4.78, 5) is 33.8. The molecule has 0 bridgehead atoms. The van der Waals surface area contributed by atoms with Crippen LogP contribution in [0, 0.1) is 0 Å². The quantitative estimate of drug-likeness (QED) is 0.410. The minimum absolute atomic E-state index is 0.182. The minimum Gasteiger partial charge on any atom is -0.497 e. The number of carbonyl (C=O) groups is 2. The minimum atomic E-state index is -0.698. The molecule has 7 heteroatoms. The lowest BCUT2D eigenvalue weighted by atomic mass is 9.78. The number of anilines is 2. The number of hydrogen-bond donors (Lipinski definition) is 1. The highest BCUT2D eigenvalue weighted by atomic mass is 16.5. The Morgan fingerprint density at radius 1 is 0.833 bits per heavy atom. The lowest BCUT2D eigenvalue weighted by molar-refractivity contribution is -0.118. The Morgan fingerprint density at radius 3 is 2.11 bits per heavy atom. The third-order valence-electron chi connectivity index (χ3n) is 6.35. The molecule has 2 atom stereocenters. The number of methoxy groups -OCH3 is 2. The SMILES string of the molecule is COc1ccc(C2C(C(=O)Nc3ccccn3)c3ccccc3C(=O)N2c2ccc(OC)cc2)cc1. The Balaban J connectivity index is 1.68. The summed E-state index contributed by atoms with van der Waals surface area (Å²) in [5, 5.41) is 2.95. The van der Waals surface area contributed by atoms with Gasteiger partial charge in [0.15, 0.2) is 0 Å². The average molecular weight is 480 g/mol. The van der Waals surface area contributed by atoms with Gasteiger partial charge in [-0.25, -0.2) is 4.98 Å². The molecule has 0 radical (unpaired) electrons. The van der Waals surface area contributed by atoms with Gasteiger partial charge in [0.25, 0.3) is 5.91 Å². The molecule has 2 amide bonds. The standard InChI is InChI=1S/C29H25N3O4/c1-35-21-14-10-19(11-15-21)27-26(28(33)31-25-9-5-6-18-30-25)23-7-3-4-8-24(23)29(34)32(27)20-12-16-22(36-2)17-13-20/h3-18,26-27H,1-2H3,(H,30,31,33). The molecule has 1 aromatic heterocycles. The average Bonchev–Trinajstić information content (AvgIpc) is 2.93. The van der Waals surface area contributed by atoms with Crippen LogP contribution in [-0.2, 0) is 4.79 Å². The number of fused-ring (bicyclic) bond motifs is 1. The van der Waals surface area contributed by atoms with Gasteiger partial charge in [-0.05, 0) is 65.7 Å². The van der Waals surface area contributed by atoms with E-state index in [-0.39, 0.29) is 11.8 Å². The zero-order valence-corrected chi connectivity index (χ0v) is 19.9. The fourth-order valence-electron chi connectivity index (χ4n) is 4.63. The molecule has 4 aromatic rings. The van der Waals surface area contributed by atoms with Crippen LogP contribution in [-0.4, -0.2) is 31.0 Å². The molecule has 1 aliphatic rings. The maximum Gasteiger partial charge on any atom is 0.259 e. The molecule has 0 saturated carbocycles. The van der Waals surface area contributed by atoms with E-state index in [1.165, 1.54) is 0 Å². The van der Waals surface area contributed by atoms with Gasteiger partial charge in [-0.15, -0.1) is 0 Å².